The average molecular weight is 481 g/mol. The van der Waals surface area contributed by atoms with E-state index in [1.165, 1.54) is 22.2 Å². The van der Waals surface area contributed by atoms with Crippen molar-refractivity contribution in [2.45, 2.75) is 52.1 Å². The number of hydrogen-bond donors (Lipinski definition) is 2. The molecule has 1 saturated heterocycles. The normalized spacial score (nSPS) is 18.2. The molecule has 0 radical (unpaired) electrons. The minimum absolute atomic E-state index is 0.0697. The predicted molar refractivity (Wildman–Crippen MR) is 132 cm³/mol. The zero-order valence-electron chi connectivity index (χ0n) is 19.3. The van der Waals surface area contributed by atoms with Crippen molar-refractivity contribution in [3.63, 3.8) is 0 Å². The molecule has 2 aromatic heterocycles. The first-order chi connectivity index (χ1) is 16.4. The number of amides is 2. The molecule has 2 amide bonds. The minimum Gasteiger partial charge on any atom is -0.353 e. The Balaban J connectivity index is 1.31. The highest BCUT2D eigenvalue weighted by Gasteiger charge is 2.31. The van der Waals surface area contributed by atoms with E-state index in [9.17, 15) is 14.4 Å². The number of hydrogen-bond acceptors (Lipinski definition) is 7. The Morgan fingerprint density at radius 2 is 2.03 bits per heavy atom. The van der Waals surface area contributed by atoms with Gasteiger partial charge in [0.25, 0.3) is 5.56 Å². The number of aromatic nitrogens is 3. The van der Waals surface area contributed by atoms with Crippen molar-refractivity contribution in [3.05, 3.63) is 46.0 Å². The smallest absolute Gasteiger partial charge is 0.273 e. The lowest BCUT2D eigenvalue weighted by atomic mass is 9.97. The van der Waals surface area contributed by atoms with Gasteiger partial charge in [0.05, 0.1) is 5.92 Å². The second-order valence-electron chi connectivity index (χ2n) is 9.19. The summed E-state index contributed by atoms with van der Waals surface area (Å²) in [7, 11) is 0. The highest BCUT2D eigenvalue weighted by atomic mass is 32.1. The first-order valence-corrected chi connectivity index (χ1v) is 12.5. The molecule has 10 heteroatoms. The standard InChI is InChI=1S/C24H28N6O3S/c1-14-5-3-7-18(15(14)2)27-19(31)12-30-13-25-21-20(23(30)33)34-24(28-21)29-10-4-6-16(11-29)22(32)26-17-8-9-17/h3,5,7,13,16-17H,4,6,8-12H2,1-2H3,(H,26,32)(H,27,31)/t16-/m1/s1. The Morgan fingerprint density at radius 1 is 1.21 bits per heavy atom. The quantitative estimate of drug-likeness (QED) is 0.561. The summed E-state index contributed by atoms with van der Waals surface area (Å²) in [5, 5.41) is 6.67. The van der Waals surface area contributed by atoms with E-state index >= 15 is 0 Å². The molecule has 9 nitrogen and oxygen atoms in total. The summed E-state index contributed by atoms with van der Waals surface area (Å²) in [6, 6.07) is 6.06. The fourth-order valence-electron chi connectivity index (χ4n) is 4.23. The summed E-state index contributed by atoms with van der Waals surface area (Å²) in [4.78, 5) is 49.1. The Bertz CT molecular complexity index is 1310. The first kappa shape index (κ1) is 22.5. The van der Waals surface area contributed by atoms with Gasteiger partial charge in [-0.15, -0.1) is 0 Å². The highest BCUT2D eigenvalue weighted by molar-refractivity contribution is 7.22. The van der Waals surface area contributed by atoms with Crippen LogP contribution in [0.5, 0.6) is 0 Å². The SMILES string of the molecule is Cc1cccc(NC(=O)Cn2cnc3nc(N4CCC[C@@H](C(=O)NC5CC5)C4)sc3c2=O)c1C. The van der Waals surface area contributed by atoms with Gasteiger partial charge in [-0.3, -0.25) is 19.0 Å². The molecular formula is C24H28N6O3S. The van der Waals surface area contributed by atoms with Gasteiger partial charge in [-0.05, 0) is 56.7 Å². The summed E-state index contributed by atoms with van der Waals surface area (Å²) >= 11 is 1.28. The number of nitrogens with one attached hydrogen (secondary N) is 2. The monoisotopic (exact) mass is 480 g/mol. The number of fused-ring (bicyclic) bond motifs is 1. The number of aryl methyl sites for hydroxylation is 1. The summed E-state index contributed by atoms with van der Waals surface area (Å²) in [6.45, 7) is 5.18. The fourth-order valence-corrected chi connectivity index (χ4v) is 5.23. The van der Waals surface area contributed by atoms with Crippen molar-refractivity contribution < 1.29 is 9.59 Å². The zero-order valence-corrected chi connectivity index (χ0v) is 20.2. The topological polar surface area (TPSA) is 109 Å². The molecule has 1 aliphatic heterocycles. The molecule has 3 aromatic rings. The Labute approximate surface area is 201 Å². The van der Waals surface area contributed by atoms with Crippen LogP contribution in [0.1, 0.15) is 36.8 Å². The molecule has 1 atom stereocenters. The number of piperidine rings is 1. The number of carbonyl (C=O) groups excluding carboxylic acids is 2. The van der Waals surface area contributed by atoms with Gasteiger partial charge >= 0.3 is 0 Å². The van der Waals surface area contributed by atoms with Crippen molar-refractivity contribution in [3.8, 4) is 0 Å². The van der Waals surface area contributed by atoms with Crippen molar-refractivity contribution in [2.75, 3.05) is 23.3 Å². The molecule has 34 heavy (non-hydrogen) atoms. The van der Waals surface area contributed by atoms with E-state index in [0.29, 0.717) is 28.1 Å². The fraction of sp³-hybridized carbons (Fsp3) is 0.458. The van der Waals surface area contributed by atoms with Crippen molar-refractivity contribution in [2.24, 2.45) is 5.92 Å². The largest absolute Gasteiger partial charge is 0.353 e. The van der Waals surface area contributed by atoms with Crippen LogP contribution in [0.15, 0.2) is 29.3 Å². The van der Waals surface area contributed by atoms with Crippen molar-refractivity contribution in [1.82, 2.24) is 19.9 Å². The van der Waals surface area contributed by atoms with Crippen LogP contribution < -0.4 is 21.1 Å². The number of nitrogens with zero attached hydrogens (tertiary/aromatic N) is 4. The van der Waals surface area contributed by atoms with Crippen LogP contribution >= 0.6 is 11.3 Å². The molecule has 0 spiro atoms. The molecule has 2 N–H and O–H groups in total. The first-order valence-electron chi connectivity index (χ1n) is 11.7. The van der Waals surface area contributed by atoms with Gasteiger partial charge in [-0.2, -0.15) is 4.98 Å². The lowest BCUT2D eigenvalue weighted by Gasteiger charge is -2.31. The molecular weight excluding hydrogens is 452 g/mol. The average Bonchev–Trinajstić information content (AvgIpc) is 3.53. The van der Waals surface area contributed by atoms with E-state index in [4.69, 9.17) is 0 Å². The van der Waals surface area contributed by atoms with Crippen LogP contribution in [-0.4, -0.2) is 45.5 Å². The number of benzene rings is 1. The second-order valence-corrected chi connectivity index (χ2v) is 10.2. The van der Waals surface area contributed by atoms with Crippen molar-refractivity contribution >= 4 is 44.3 Å². The maximum absolute atomic E-state index is 13.1. The Kier molecular flexibility index (Phi) is 6.07. The van der Waals surface area contributed by atoms with E-state index in [2.05, 4.69) is 25.5 Å². The third kappa shape index (κ3) is 4.68. The number of rotatable bonds is 6. The van der Waals surface area contributed by atoms with E-state index in [1.54, 1.807) is 0 Å². The summed E-state index contributed by atoms with van der Waals surface area (Å²) in [6.07, 6.45) is 5.27. The molecule has 2 aliphatic rings. The third-order valence-electron chi connectivity index (χ3n) is 6.55. The second kappa shape index (κ2) is 9.17. The summed E-state index contributed by atoms with van der Waals surface area (Å²) in [5.74, 6) is -0.245. The van der Waals surface area contributed by atoms with Gasteiger partial charge in [-0.25, -0.2) is 4.98 Å². The van der Waals surface area contributed by atoms with Crippen molar-refractivity contribution in [1.29, 1.82) is 0 Å². The maximum atomic E-state index is 13.1. The van der Waals surface area contributed by atoms with Gasteiger partial charge < -0.3 is 15.5 Å². The number of anilines is 2. The molecule has 0 bridgehead atoms. The summed E-state index contributed by atoms with van der Waals surface area (Å²) in [5.41, 5.74) is 2.90. The van der Waals surface area contributed by atoms with Gasteiger partial charge in [-0.1, -0.05) is 23.5 Å². The van der Waals surface area contributed by atoms with Gasteiger partial charge in [0.2, 0.25) is 11.8 Å². The van der Waals surface area contributed by atoms with Crippen LogP contribution in [0.25, 0.3) is 10.3 Å². The maximum Gasteiger partial charge on any atom is 0.273 e. The molecule has 1 saturated carbocycles. The molecule has 0 unspecified atom stereocenters. The van der Waals surface area contributed by atoms with Crippen LogP contribution in [0.3, 0.4) is 0 Å². The molecule has 1 aromatic carbocycles. The molecule has 2 fully saturated rings. The van der Waals surface area contributed by atoms with Crippen LogP contribution in [0.4, 0.5) is 10.8 Å². The number of thiazole rings is 1. The lowest BCUT2D eigenvalue weighted by Crippen LogP contribution is -2.43. The predicted octanol–water partition coefficient (Wildman–Crippen LogP) is 2.60. The Hall–Kier alpha value is -3.27. The molecule has 178 valence electrons. The summed E-state index contributed by atoms with van der Waals surface area (Å²) < 4.78 is 1.73. The van der Waals surface area contributed by atoms with Crippen LogP contribution in [0.2, 0.25) is 0 Å². The van der Waals surface area contributed by atoms with Crippen LogP contribution in [0, 0.1) is 19.8 Å². The van der Waals surface area contributed by atoms with E-state index in [0.717, 1.165) is 49.0 Å². The number of carbonyl (C=O) groups is 2. The van der Waals surface area contributed by atoms with E-state index in [1.807, 2.05) is 32.0 Å². The Morgan fingerprint density at radius 3 is 2.82 bits per heavy atom. The lowest BCUT2D eigenvalue weighted by molar-refractivity contribution is -0.125. The van der Waals surface area contributed by atoms with Crippen LogP contribution in [-0.2, 0) is 16.1 Å². The zero-order chi connectivity index (χ0) is 23.8. The highest BCUT2D eigenvalue weighted by Crippen LogP contribution is 2.30. The molecule has 1 aliphatic carbocycles. The minimum atomic E-state index is -0.290. The molecule has 3 heterocycles. The van der Waals surface area contributed by atoms with Gasteiger partial charge in [0.1, 0.15) is 17.6 Å². The third-order valence-corrected chi connectivity index (χ3v) is 7.64. The van der Waals surface area contributed by atoms with Gasteiger partial charge in [0, 0.05) is 24.8 Å². The molecule has 5 rings (SSSR count). The van der Waals surface area contributed by atoms with Gasteiger partial charge in [0.15, 0.2) is 10.8 Å². The van der Waals surface area contributed by atoms with E-state index in [-0.39, 0.29) is 29.8 Å². The van der Waals surface area contributed by atoms with E-state index < -0.39 is 0 Å².